The Balaban J connectivity index is 3.05. The first kappa shape index (κ1) is 27.7. The van der Waals surface area contributed by atoms with Gasteiger partial charge < -0.3 is 29.4 Å². The zero-order valence-corrected chi connectivity index (χ0v) is 19.5. The van der Waals surface area contributed by atoms with Gasteiger partial charge in [0.05, 0.1) is 0 Å². The van der Waals surface area contributed by atoms with E-state index in [1.54, 1.807) is 0 Å². The Morgan fingerprint density at radius 3 is 2.06 bits per heavy atom. The average Bonchev–Trinajstić information content (AvgIpc) is 2.65. The summed E-state index contributed by atoms with van der Waals surface area (Å²) in [4.78, 5) is 57.3. The summed E-state index contributed by atoms with van der Waals surface area (Å²) < 4.78 is 21.8. The molecule has 1 aliphatic rings. The number of thioether (sulfide) groups is 1. The molecule has 0 radical (unpaired) electrons. The van der Waals surface area contributed by atoms with Gasteiger partial charge in [-0.1, -0.05) is 6.42 Å². The minimum atomic E-state index is -1.11. The number of aliphatic carboxylic acids is 1. The highest BCUT2D eigenvalue weighted by Crippen LogP contribution is 2.33. The maximum Gasteiger partial charge on any atom is 0.303 e. The molecule has 5 atom stereocenters. The van der Waals surface area contributed by atoms with Crippen LogP contribution in [0.25, 0.3) is 0 Å². The van der Waals surface area contributed by atoms with Crippen LogP contribution >= 0.6 is 11.8 Å². The summed E-state index contributed by atoms with van der Waals surface area (Å²) in [5.41, 5.74) is -0.699. The van der Waals surface area contributed by atoms with Crippen molar-refractivity contribution in [3.05, 3.63) is 0 Å². The number of hydrogen-bond acceptors (Lipinski definition) is 10. The maximum absolute atomic E-state index is 11.8. The predicted molar refractivity (Wildman–Crippen MR) is 113 cm³/mol. The van der Waals surface area contributed by atoms with Gasteiger partial charge in [0.15, 0.2) is 12.2 Å². The third-order valence-electron chi connectivity index (χ3n) is 4.39. The molecule has 1 saturated heterocycles. The van der Waals surface area contributed by atoms with Crippen molar-refractivity contribution in [2.45, 2.75) is 83.2 Å². The minimum absolute atomic E-state index is 0.0855. The second-order valence-corrected chi connectivity index (χ2v) is 8.50. The molecule has 1 fully saturated rings. The molecule has 0 spiro atoms. The normalized spacial score (nSPS) is 24.8. The highest BCUT2D eigenvalue weighted by Gasteiger charge is 2.50. The van der Waals surface area contributed by atoms with E-state index < -0.39 is 59.6 Å². The average molecular weight is 478 g/mol. The number of hydrogen-bond donors (Lipinski definition) is 2. The molecule has 0 saturated carbocycles. The van der Waals surface area contributed by atoms with Crippen LogP contribution < -0.4 is 5.32 Å². The number of rotatable bonds is 12. The molecule has 1 aliphatic heterocycles. The van der Waals surface area contributed by atoms with E-state index in [0.29, 0.717) is 25.0 Å². The fourth-order valence-electron chi connectivity index (χ4n) is 3.19. The minimum Gasteiger partial charge on any atom is -0.481 e. The van der Waals surface area contributed by atoms with Crippen LogP contribution in [-0.2, 0) is 42.9 Å². The fourth-order valence-corrected chi connectivity index (χ4v) is 4.44. The van der Waals surface area contributed by atoms with Crippen molar-refractivity contribution in [2.75, 3.05) is 12.4 Å². The quantitative estimate of drug-likeness (QED) is 0.235. The van der Waals surface area contributed by atoms with Crippen molar-refractivity contribution in [2.24, 2.45) is 0 Å². The van der Waals surface area contributed by atoms with Crippen LogP contribution in [0.2, 0.25) is 0 Å². The molecule has 11 nitrogen and oxygen atoms in total. The molecule has 0 aromatic carbocycles. The number of carbonyl (C=O) groups is 5. The van der Waals surface area contributed by atoms with Crippen LogP contribution in [-0.4, -0.2) is 77.0 Å². The van der Waals surface area contributed by atoms with Gasteiger partial charge in [-0.3, -0.25) is 24.0 Å². The van der Waals surface area contributed by atoms with E-state index >= 15 is 0 Å². The number of amides is 1. The van der Waals surface area contributed by atoms with Crippen LogP contribution in [0.4, 0.5) is 0 Å². The fraction of sp³-hybridized carbons (Fsp3) is 0.750. The number of esters is 3. The van der Waals surface area contributed by atoms with Crippen molar-refractivity contribution in [3.63, 3.8) is 0 Å². The zero-order chi connectivity index (χ0) is 24.3. The molecule has 1 heterocycles. The largest absolute Gasteiger partial charge is 0.481 e. The van der Waals surface area contributed by atoms with Gasteiger partial charge in [0.2, 0.25) is 5.91 Å². The van der Waals surface area contributed by atoms with Crippen molar-refractivity contribution in [1.82, 2.24) is 5.32 Å². The van der Waals surface area contributed by atoms with Crippen molar-refractivity contribution in [1.29, 1.82) is 0 Å². The number of carbonyl (C=O) groups excluding carboxylic acids is 4. The van der Waals surface area contributed by atoms with E-state index in [1.807, 2.05) is 0 Å². The van der Waals surface area contributed by atoms with Gasteiger partial charge in [-0.2, -0.15) is 0 Å². The molecule has 1 rings (SSSR count). The third kappa shape index (κ3) is 10.3. The Bertz CT molecular complexity index is 685. The SMILES string of the molecule is CC(=O)NC1C(SCCCCCC(=O)O)OC(COC(C)=O)C(OC(C)=O)C1OC(C)=O. The number of nitrogens with one attached hydrogen (secondary N) is 1. The van der Waals surface area contributed by atoms with E-state index in [9.17, 15) is 24.0 Å². The van der Waals surface area contributed by atoms with Crippen molar-refractivity contribution < 1.29 is 48.0 Å². The second kappa shape index (κ2) is 13.9. The molecule has 1 amide bonds. The van der Waals surface area contributed by atoms with Gasteiger partial charge >= 0.3 is 23.9 Å². The summed E-state index contributed by atoms with van der Waals surface area (Å²) in [5, 5.41) is 11.4. The van der Waals surface area contributed by atoms with Gasteiger partial charge in [-0.15, -0.1) is 11.8 Å². The summed E-state index contributed by atoms with van der Waals surface area (Å²) in [6.45, 7) is 4.64. The maximum atomic E-state index is 11.8. The molecule has 32 heavy (non-hydrogen) atoms. The van der Waals surface area contributed by atoms with Crippen LogP contribution in [0.15, 0.2) is 0 Å². The van der Waals surface area contributed by atoms with Gasteiger partial charge in [0, 0.05) is 34.1 Å². The summed E-state index contributed by atoms with van der Waals surface area (Å²) >= 11 is 1.34. The molecule has 0 aromatic heterocycles. The van der Waals surface area contributed by atoms with Crippen LogP contribution in [0.1, 0.15) is 53.4 Å². The van der Waals surface area contributed by atoms with Crippen molar-refractivity contribution in [3.8, 4) is 0 Å². The summed E-state index contributed by atoms with van der Waals surface area (Å²) in [6.07, 6.45) is -1.10. The number of ether oxygens (including phenoxy) is 4. The Hall–Kier alpha value is -2.34. The van der Waals surface area contributed by atoms with Crippen molar-refractivity contribution >= 4 is 41.5 Å². The summed E-state index contributed by atoms with van der Waals surface area (Å²) in [5.74, 6) is -2.55. The van der Waals surface area contributed by atoms with E-state index in [2.05, 4.69) is 5.32 Å². The lowest BCUT2D eigenvalue weighted by molar-refractivity contribution is -0.211. The lowest BCUT2D eigenvalue weighted by atomic mass is 9.97. The van der Waals surface area contributed by atoms with Gasteiger partial charge in [-0.05, 0) is 18.6 Å². The Kier molecular flexibility index (Phi) is 12.1. The highest BCUT2D eigenvalue weighted by atomic mass is 32.2. The summed E-state index contributed by atoms with van der Waals surface area (Å²) in [7, 11) is 0. The van der Waals surface area contributed by atoms with Gasteiger partial charge in [0.25, 0.3) is 0 Å². The molecule has 2 N–H and O–H groups in total. The van der Waals surface area contributed by atoms with E-state index in [-0.39, 0.29) is 13.0 Å². The monoisotopic (exact) mass is 477 g/mol. The Labute approximate surface area is 190 Å². The molecular formula is C20H31NO10S. The Morgan fingerprint density at radius 1 is 0.906 bits per heavy atom. The first-order valence-corrected chi connectivity index (χ1v) is 11.3. The van der Waals surface area contributed by atoms with E-state index in [0.717, 1.165) is 0 Å². The number of unbranched alkanes of at least 4 members (excludes halogenated alkanes) is 2. The first-order chi connectivity index (χ1) is 15.0. The topological polar surface area (TPSA) is 155 Å². The molecule has 5 unspecified atom stereocenters. The molecule has 0 bridgehead atoms. The Morgan fingerprint density at radius 2 is 1.53 bits per heavy atom. The van der Waals surface area contributed by atoms with Gasteiger partial charge in [-0.25, -0.2) is 0 Å². The molecule has 0 aromatic rings. The molecular weight excluding hydrogens is 446 g/mol. The lowest BCUT2D eigenvalue weighted by Gasteiger charge is -2.45. The smallest absolute Gasteiger partial charge is 0.303 e. The molecule has 12 heteroatoms. The first-order valence-electron chi connectivity index (χ1n) is 10.2. The third-order valence-corrected chi connectivity index (χ3v) is 5.65. The molecule has 182 valence electrons. The van der Waals surface area contributed by atoms with E-state index in [1.165, 1.54) is 39.5 Å². The molecule has 0 aliphatic carbocycles. The number of carboxylic acid groups (broad SMARTS) is 1. The highest BCUT2D eigenvalue weighted by molar-refractivity contribution is 7.99. The van der Waals surface area contributed by atoms with Gasteiger partial charge in [0.1, 0.15) is 24.2 Å². The second-order valence-electron chi connectivity index (χ2n) is 7.30. The number of carboxylic acids is 1. The zero-order valence-electron chi connectivity index (χ0n) is 18.7. The lowest BCUT2D eigenvalue weighted by Crippen LogP contribution is -2.65. The predicted octanol–water partition coefficient (Wildman–Crippen LogP) is 1.02. The van der Waals surface area contributed by atoms with Crippen LogP contribution in [0.5, 0.6) is 0 Å². The van der Waals surface area contributed by atoms with Crippen LogP contribution in [0, 0.1) is 0 Å². The summed E-state index contributed by atoms with van der Waals surface area (Å²) in [6, 6.07) is -0.835. The van der Waals surface area contributed by atoms with Crippen LogP contribution in [0.3, 0.4) is 0 Å². The standard InChI is InChI=1S/C20H31NO10S/c1-11(22)21-17-19(30-14(4)25)18(29-13(3)24)15(10-28-12(2)23)31-20(17)32-9-7-5-6-8-16(26)27/h15,17-20H,5-10H2,1-4H3,(H,21,22)(H,26,27). The van der Waals surface area contributed by atoms with E-state index in [4.69, 9.17) is 24.1 Å².